The first kappa shape index (κ1) is 16.4. The average molecular weight is 376 g/mol. The van der Waals surface area contributed by atoms with Crippen LogP contribution in [0.15, 0.2) is 18.2 Å². The van der Waals surface area contributed by atoms with Crippen LogP contribution in [0.5, 0.6) is 0 Å². The number of primary amides is 1. The molecule has 1 aliphatic rings. The van der Waals surface area contributed by atoms with Crippen molar-refractivity contribution < 1.29 is 9.18 Å². The van der Waals surface area contributed by atoms with Crippen LogP contribution < -0.4 is 11.1 Å². The van der Waals surface area contributed by atoms with Crippen LogP contribution in [-0.4, -0.2) is 28.9 Å². The number of anilines is 2. The zero-order valence-corrected chi connectivity index (χ0v) is 15.3. The van der Waals surface area contributed by atoms with E-state index in [9.17, 15) is 9.18 Å². The molecule has 1 aromatic carbocycles. The smallest absolute Gasteiger partial charge is 0.251 e. The first-order valence-corrected chi connectivity index (χ1v) is 9.69. The zero-order chi connectivity index (χ0) is 17.6. The highest BCUT2D eigenvalue weighted by Gasteiger charge is 2.27. The molecule has 25 heavy (non-hydrogen) atoms. The number of halogens is 1. The Morgan fingerprint density at radius 3 is 3.00 bits per heavy atom. The first-order chi connectivity index (χ1) is 12.1. The van der Waals surface area contributed by atoms with Gasteiger partial charge in [-0.25, -0.2) is 9.37 Å². The molecule has 2 aromatic heterocycles. The number of carbonyl (C=O) groups excluding carboxylic acids is 1. The Balaban J connectivity index is 1.73. The van der Waals surface area contributed by atoms with Crippen LogP contribution in [0.1, 0.15) is 27.7 Å². The van der Waals surface area contributed by atoms with E-state index in [1.165, 1.54) is 28.7 Å². The minimum absolute atomic E-state index is 0.342. The highest BCUT2D eigenvalue weighted by molar-refractivity contribution is 7.23. The maximum atomic E-state index is 13.9. The van der Waals surface area contributed by atoms with Gasteiger partial charge in [0.05, 0.1) is 10.3 Å². The lowest BCUT2D eigenvalue weighted by Gasteiger charge is -2.25. The van der Waals surface area contributed by atoms with Crippen molar-refractivity contribution in [2.24, 2.45) is 5.73 Å². The molecule has 0 fully saturated rings. The molecule has 0 spiro atoms. The topological polar surface area (TPSA) is 71.2 Å². The van der Waals surface area contributed by atoms with Crippen LogP contribution in [0, 0.1) is 5.82 Å². The van der Waals surface area contributed by atoms with Crippen LogP contribution in [-0.2, 0) is 13.0 Å². The highest BCUT2D eigenvalue weighted by atomic mass is 32.1. The summed E-state index contributed by atoms with van der Waals surface area (Å²) in [4.78, 5) is 19.8. The molecule has 3 heterocycles. The summed E-state index contributed by atoms with van der Waals surface area (Å²) in [6.45, 7) is 4.85. The van der Waals surface area contributed by atoms with Gasteiger partial charge in [0.25, 0.3) is 5.91 Å². The van der Waals surface area contributed by atoms with E-state index >= 15 is 0 Å². The summed E-state index contributed by atoms with van der Waals surface area (Å²) in [6.07, 6.45) is 0.814. The van der Waals surface area contributed by atoms with Crippen LogP contribution in [0.3, 0.4) is 0 Å². The predicted molar refractivity (Wildman–Crippen MR) is 100 cm³/mol. The number of rotatable bonds is 4. The number of fused-ring (bicyclic) bond motifs is 2. The third kappa shape index (κ3) is 2.90. The van der Waals surface area contributed by atoms with E-state index in [0.29, 0.717) is 21.2 Å². The van der Waals surface area contributed by atoms with Gasteiger partial charge in [0.1, 0.15) is 16.3 Å². The van der Waals surface area contributed by atoms with Gasteiger partial charge in [0.15, 0.2) is 5.13 Å². The van der Waals surface area contributed by atoms with Gasteiger partial charge in [0.2, 0.25) is 0 Å². The van der Waals surface area contributed by atoms with E-state index in [-0.39, 0.29) is 5.82 Å². The number of benzene rings is 1. The molecule has 8 heteroatoms. The van der Waals surface area contributed by atoms with Crippen molar-refractivity contribution in [1.82, 2.24) is 9.88 Å². The fourth-order valence-corrected chi connectivity index (χ4v) is 5.38. The third-order valence-corrected chi connectivity index (χ3v) is 6.49. The predicted octanol–water partition coefficient (Wildman–Crippen LogP) is 3.72. The number of nitrogens with zero attached hydrogens (tertiary/aromatic N) is 2. The molecule has 3 N–H and O–H groups in total. The summed E-state index contributed by atoms with van der Waals surface area (Å²) >= 11 is 2.90. The summed E-state index contributed by atoms with van der Waals surface area (Å²) in [5, 5.41) is 4.47. The van der Waals surface area contributed by atoms with Crippen molar-refractivity contribution >= 4 is 48.9 Å². The standard InChI is InChI=1S/C17H17FN4OS2/c1-2-22-7-6-9-12(8-22)24-16(13(9)15(19)23)21-17-20-14-10(18)4-3-5-11(14)25-17/h3-5H,2,6-8H2,1H3,(H2,19,23)(H,20,21). The lowest BCUT2D eigenvalue weighted by Crippen LogP contribution is -2.30. The number of carbonyl (C=O) groups is 1. The number of hydrogen-bond donors (Lipinski definition) is 2. The zero-order valence-electron chi connectivity index (χ0n) is 13.6. The van der Waals surface area contributed by atoms with Crippen LogP contribution in [0.2, 0.25) is 0 Å². The minimum Gasteiger partial charge on any atom is -0.365 e. The number of thiazole rings is 1. The van der Waals surface area contributed by atoms with Gasteiger partial charge in [-0.05, 0) is 30.7 Å². The van der Waals surface area contributed by atoms with Gasteiger partial charge in [-0.3, -0.25) is 9.69 Å². The molecule has 1 aliphatic heterocycles. The summed E-state index contributed by atoms with van der Waals surface area (Å²) < 4.78 is 14.6. The summed E-state index contributed by atoms with van der Waals surface area (Å²) in [7, 11) is 0. The number of thiophene rings is 1. The van der Waals surface area contributed by atoms with Crippen molar-refractivity contribution in [3.63, 3.8) is 0 Å². The quantitative estimate of drug-likeness (QED) is 0.728. The Bertz CT molecular complexity index is 965. The number of amides is 1. The van der Waals surface area contributed by atoms with Crippen LogP contribution >= 0.6 is 22.7 Å². The molecule has 130 valence electrons. The number of para-hydroxylation sites is 1. The highest BCUT2D eigenvalue weighted by Crippen LogP contribution is 2.39. The lowest BCUT2D eigenvalue weighted by molar-refractivity contribution is 0.1000. The van der Waals surface area contributed by atoms with Crippen molar-refractivity contribution in [2.45, 2.75) is 19.9 Å². The van der Waals surface area contributed by atoms with Gasteiger partial charge < -0.3 is 11.1 Å². The van der Waals surface area contributed by atoms with Gasteiger partial charge in [0, 0.05) is 18.0 Å². The average Bonchev–Trinajstić information content (AvgIpc) is 3.15. The molecule has 3 aromatic rings. The Hall–Kier alpha value is -2.03. The molecule has 0 saturated carbocycles. The monoisotopic (exact) mass is 376 g/mol. The van der Waals surface area contributed by atoms with Crippen molar-refractivity contribution in [3.05, 3.63) is 40.0 Å². The maximum absolute atomic E-state index is 13.9. The Labute approximate surface area is 152 Å². The number of nitrogens with two attached hydrogens (primary N) is 1. The van der Waals surface area contributed by atoms with Gasteiger partial charge in [-0.1, -0.05) is 24.3 Å². The molecule has 1 amide bonds. The number of likely N-dealkylation sites (N-methyl/N-ethyl adjacent to an activating group) is 1. The van der Waals surface area contributed by atoms with E-state index in [4.69, 9.17) is 5.73 Å². The largest absolute Gasteiger partial charge is 0.365 e. The second kappa shape index (κ2) is 6.36. The Kier molecular flexibility index (Phi) is 4.18. The molecule has 0 unspecified atom stereocenters. The first-order valence-electron chi connectivity index (χ1n) is 8.05. The summed E-state index contributed by atoms with van der Waals surface area (Å²) in [5.41, 5.74) is 7.57. The molecule has 5 nitrogen and oxygen atoms in total. The Morgan fingerprint density at radius 2 is 2.28 bits per heavy atom. The van der Waals surface area contributed by atoms with Gasteiger partial charge >= 0.3 is 0 Å². The number of aromatic nitrogens is 1. The maximum Gasteiger partial charge on any atom is 0.251 e. The Morgan fingerprint density at radius 1 is 1.44 bits per heavy atom. The van der Waals surface area contributed by atoms with Crippen LogP contribution in [0.4, 0.5) is 14.5 Å². The molecule has 0 saturated heterocycles. The van der Waals surface area contributed by atoms with E-state index in [2.05, 4.69) is 22.1 Å². The lowest BCUT2D eigenvalue weighted by atomic mass is 10.0. The van der Waals surface area contributed by atoms with E-state index in [0.717, 1.165) is 41.2 Å². The SMILES string of the molecule is CCN1CCc2c(sc(Nc3nc4c(F)cccc4s3)c2C(N)=O)C1. The third-order valence-electron chi connectivity index (χ3n) is 4.42. The molecule has 0 aliphatic carbocycles. The molecular weight excluding hydrogens is 359 g/mol. The van der Waals surface area contributed by atoms with Crippen molar-refractivity contribution in [1.29, 1.82) is 0 Å². The fraction of sp³-hybridized carbons (Fsp3) is 0.294. The fourth-order valence-electron chi connectivity index (χ4n) is 3.14. The molecule has 4 rings (SSSR count). The van der Waals surface area contributed by atoms with Crippen LogP contribution in [0.25, 0.3) is 10.2 Å². The van der Waals surface area contributed by atoms with E-state index in [1.807, 2.05) is 6.07 Å². The minimum atomic E-state index is -0.433. The molecule has 0 bridgehead atoms. The van der Waals surface area contributed by atoms with Gasteiger partial charge in [-0.2, -0.15) is 0 Å². The summed E-state index contributed by atoms with van der Waals surface area (Å²) in [5.74, 6) is -0.779. The molecule has 0 atom stereocenters. The number of hydrogen-bond acceptors (Lipinski definition) is 6. The van der Waals surface area contributed by atoms with E-state index in [1.54, 1.807) is 6.07 Å². The molecule has 0 radical (unpaired) electrons. The second-order valence-electron chi connectivity index (χ2n) is 5.92. The van der Waals surface area contributed by atoms with Crippen molar-refractivity contribution in [3.8, 4) is 0 Å². The normalized spacial score (nSPS) is 14.6. The van der Waals surface area contributed by atoms with E-state index < -0.39 is 5.91 Å². The molecular formula is C17H17FN4OS2. The number of nitrogens with one attached hydrogen (secondary N) is 1. The summed E-state index contributed by atoms with van der Waals surface area (Å²) in [6, 6.07) is 4.89. The van der Waals surface area contributed by atoms with Crippen molar-refractivity contribution in [2.75, 3.05) is 18.4 Å². The van der Waals surface area contributed by atoms with Gasteiger partial charge in [-0.15, -0.1) is 11.3 Å². The second-order valence-corrected chi connectivity index (χ2v) is 8.06.